The van der Waals surface area contributed by atoms with Crippen LogP contribution in [0, 0.1) is 11.8 Å². The zero-order valence-corrected chi connectivity index (χ0v) is 15.5. The van der Waals surface area contributed by atoms with E-state index in [2.05, 4.69) is 35.4 Å². The lowest BCUT2D eigenvalue weighted by Crippen LogP contribution is -2.39. The van der Waals surface area contributed by atoms with Crippen LogP contribution in [0.5, 0.6) is 0 Å². The van der Waals surface area contributed by atoms with Crippen molar-refractivity contribution >= 4 is 0 Å². The van der Waals surface area contributed by atoms with E-state index >= 15 is 0 Å². The molecule has 2 rings (SSSR count). The minimum Gasteiger partial charge on any atom is -0.319 e. The van der Waals surface area contributed by atoms with Crippen molar-refractivity contribution in [2.45, 2.75) is 69.9 Å². The molecule has 0 amide bonds. The highest BCUT2D eigenvalue weighted by atomic mass is 15.0. The average molecular weight is 325 g/mol. The Bertz CT molecular complexity index is 281. The van der Waals surface area contributed by atoms with Gasteiger partial charge in [0.15, 0.2) is 0 Å². The van der Waals surface area contributed by atoms with Crippen LogP contribution in [0.1, 0.15) is 57.8 Å². The number of hydrogen-bond acceptors (Lipinski definition) is 4. The van der Waals surface area contributed by atoms with Crippen LogP contribution in [0.4, 0.5) is 0 Å². The summed E-state index contributed by atoms with van der Waals surface area (Å²) in [4.78, 5) is 0. The van der Waals surface area contributed by atoms with Gasteiger partial charge in [0.1, 0.15) is 0 Å². The Morgan fingerprint density at radius 3 is 2.00 bits per heavy atom. The summed E-state index contributed by atoms with van der Waals surface area (Å²) < 4.78 is 0. The first kappa shape index (κ1) is 19.2. The van der Waals surface area contributed by atoms with Gasteiger partial charge in [-0.15, -0.1) is 0 Å². The van der Waals surface area contributed by atoms with E-state index in [9.17, 15) is 0 Å². The van der Waals surface area contributed by atoms with E-state index in [1.165, 1.54) is 70.9 Å². The van der Waals surface area contributed by atoms with Gasteiger partial charge in [0.05, 0.1) is 0 Å². The van der Waals surface area contributed by atoms with Crippen LogP contribution in [-0.2, 0) is 0 Å². The molecule has 0 spiro atoms. The molecule has 0 unspecified atom stereocenters. The summed E-state index contributed by atoms with van der Waals surface area (Å²) in [7, 11) is 4.18. The van der Waals surface area contributed by atoms with Gasteiger partial charge in [-0.05, 0) is 96.8 Å². The van der Waals surface area contributed by atoms with Gasteiger partial charge in [-0.3, -0.25) is 0 Å². The predicted octanol–water partition coefficient (Wildman–Crippen LogP) is 2.11. The largest absolute Gasteiger partial charge is 0.319 e. The third-order valence-electron chi connectivity index (χ3n) is 6.06. The summed E-state index contributed by atoms with van der Waals surface area (Å²) in [6, 6.07) is 1.55. The molecule has 0 atom stereocenters. The van der Waals surface area contributed by atoms with Gasteiger partial charge in [-0.2, -0.15) is 0 Å². The first-order chi connectivity index (χ1) is 11.3. The third-order valence-corrected chi connectivity index (χ3v) is 6.06. The molecule has 0 aromatic rings. The number of nitrogens with one attached hydrogen (secondary N) is 4. The van der Waals surface area contributed by atoms with Crippen molar-refractivity contribution < 1.29 is 0 Å². The lowest BCUT2D eigenvalue weighted by atomic mass is 9.84. The van der Waals surface area contributed by atoms with Crippen LogP contribution in [0.25, 0.3) is 0 Å². The van der Waals surface area contributed by atoms with Crippen molar-refractivity contribution in [3.05, 3.63) is 0 Å². The van der Waals surface area contributed by atoms with Crippen molar-refractivity contribution in [2.24, 2.45) is 11.8 Å². The fraction of sp³-hybridized carbons (Fsp3) is 1.00. The highest BCUT2D eigenvalue weighted by Crippen LogP contribution is 2.26. The molecule has 136 valence electrons. The minimum absolute atomic E-state index is 0.765. The minimum atomic E-state index is 0.765. The van der Waals surface area contributed by atoms with Crippen molar-refractivity contribution in [1.82, 2.24) is 21.3 Å². The molecule has 4 heteroatoms. The Hall–Kier alpha value is -0.160. The Morgan fingerprint density at radius 2 is 1.35 bits per heavy atom. The Morgan fingerprint density at radius 1 is 0.696 bits per heavy atom. The van der Waals surface area contributed by atoms with Crippen molar-refractivity contribution in [3.63, 3.8) is 0 Å². The summed E-state index contributed by atoms with van der Waals surface area (Å²) in [5.74, 6) is 1.87. The van der Waals surface area contributed by atoms with Gasteiger partial charge in [0.2, 0.25) is 0 Å². The van der Waals surface area contributed by atoms with E-state index < -0.39 is 0 Å². The van der Waals surface area contributed by atoms with Gasteiger partial charge >= 0.3 is 0 Å². The van der Waals surface area contributed by atoms with Crippen LogP contribution in [-0.4, -0.2) is 52.4 Å². The fourth-order valence-corrected chi connectivity index (χ4v) is 4.40. The zero-order valence-electron chi connectivity index (χ0n) is 15.5. The second-order valence-electron chi connectivity index (χ2n) is 7.77. The average Bonchev–Trinajstić information content (AvgIpc) is 2.60. The molecule has 0 aliphatic heterocycles. The topological polar surface area (TPSA) is 48.1 Å². The Labute approximate surface area is 143 Å². The molecule has 0 radical (unpaired) electrons. The van der Waals surface area contributed by atoms with Gasteiger partial charge in [-0.25, -0.2) is 0 Å². The van der Waals surface area contributed by atoms with Crippen molar-refractivity contribution in [1.29, 1.82) is 0 Å². The predicted molar refractivity (Wildman–Crippen MR) is 100.0 cm³/mol. The lowest BCUT2D eigenvalue weighted by molar-refractivity contribution is 0.281. The molecule has 0 aromatic heterocycles. The van der Waals surface area contributed by atoms with Gasteiger partial charge < -0.3 is 21.3 Å². The maximum atomic E-state index is 3.74. The SMILES string of the molecule is CNCC1CCC(NCCNCCC2CCC(NC)CC2)CC1. The molecule has 2 fully saturated rings. The molecule has 0 saturated heterocycles. The van der Waals surface area contributed by atoms with E-state index in [0.29, 0.717) is 0 Å². The molecular formula is C19H40N4. The molecule has 4 nitrogen and oxygen atoms in total. The smallest absolute Gasteiger partial charge is 0.00793 e. The van der Waals surface area contributed by atoms with Gasteiger partial charge in [-0.1, -0.05) is 0 Å². The molecule has 2 aliphatic carbocycles. The van der Waals surface area contributed by atoms with E-state index in [1.807, 2.05) is 0 Å². The van der Waals surface area contributed by atoms with Gasteiger partial charge in [0.25, 0.3) is 0 Å². The Kier molecular flexibility index (Phi) is 9.50. The lowest BCUT2D eigenvalue weighted by Gasteiger charge is -2.29. The van der Waals surface area contributed by atoms with Crippen LogP contribution >= 0.6 is 0 Å². The molecule has 2 aliphatic rings. The molecule has 2 saturated carbocycles. The van der Waals surface area contributed by atoms with E-state index in [4.69, 9.17) is 0 Å². The maximum absolute atomic E-state index is 3.74. The second kappa shape index (κ2) is 11.4. The highest BCUT2D eigenvalue weighted by molar-refractivity contribution is 4.79. The molecule has 0 aromatic carbocycles. The number of rotatable bonds is 10. The van der Waals surface area contributed by atoms with Crippen LogP contribution in [0.2, 0.25) is 0 Å². The molecular weight excluding hydrogens is 284 g/mol. The zero-order chi connectivity index (χ0) is 16.3. The van der Waals surface area contributed by atoms with Crippen LogP contribution in [0.15, 0.2) is 0 Å². The summed E-state index contributed by atoms with van der Waals surface area (Å²) in [5, 5.41) is 14.1. The second-order valence-corrected chi connectivity index (χ2v) is 7.77. The van der Waals surface area contributed by atoms with Crippen molar-refractivity contribution in [2.75, 3.05) is 40.3 Å². The molecule has 4 N–H and O–H groups in total. The van der Waals surface area contributed by atoms with Gasteiger partial charge in [0, 0.05) is 25.2 Å². The first-order valence-corrected chi connectivity index (χ1v) is 10.1. The molecule has 0 bridgehead atoms. The van der Waals surface area contributed by atoms with Crippen molar-refractivity contribution in [3.8, 4) is 0 Å². The monoisotopic (exact) mass is 324 g/mol. The molecule has 0 heterocycles. The molecule has 23 heavy (non-hydrogen) atoms. The quantitative estimate of drug-likeness (QED) is 0.465. The Balaban J connectivity index is 1.40. The third kappa shape index (κ3) is 7.51. The summed E-state index contributed by atoms with van der Waals surface area (Å²) in [6.07, 6.45) is 12.5. The summed E-state index contributed by atoms with van der Waals surface area (Å²) in [6.45, 7) is 4.66. The summed E-state index contributed by atoms with van der Waals surface area (Å²) >= 11 is 0. The van der Waals surface area contributed by atoms with Crippen LogP contribution in [0.3, 0.4) is 0 Å². The first-order valence-electron chi connectivity index (χ1n) is 10.1. The fourth-order valence-electron chi connectivity index (χ4n) is 4.40. The van der Waals surface area contributed by atoms with E-state index in [0.717, 1.165) is 37.0 Å². The normalized spacial score (nSPS) is 32.1. The van der Waals surface area contributed by atoms with E-state index in [-0.39, 0.29) is 0 Å². The van der Waals surface area contributed by atoms with Crippen LogP contribution < -0.4 is 21.3 Å². The standard InChI is InChI=1S/C19H40N4/c1-20-15-17-5-9-19(10-6-17)23-14-13-22-12-11-16-3-7-18(21-2)8-4-16/h16-23H,3-15H2,1-2H3. The highest BCUT2D eigenvalue weighted by Gasteiger charge is 2.20. The maximum Gasteiger partial charge on any atom is 0.00793 e. The van der Waals surface area contributed by atoms with E-state index in [1.54, 1.807) is 0 Å². The summed E-state index contributed by atoms with van der Waals surface area (Å²) in [5.41, 5.74) is 0. The number of hydrogen-bond donors (Lipinski definition) is 4.